The lowest BCUT2D eigenvalue weighted by atomic mass is 10.1. The van der Waals surface area contributed by atoms with Crippen molar-refractivity contribution in [1.29, 1.82) is 4.78 Å². The van der Waals surface area contributed by atoms with Gasteiger partial charge in [0.15, 0.2) is 0 Å². The molecule has 1 saturated heterocycles. The van der Waals surface area contributed by atoms with Crippen molar-refractivity contribution in [2.75, 3.05) is 50.0 Å². The molecule has 1 fully saturated rings. The lowest BCUT2D eigenvalue weighted by Gasteiger charge is -2.41. The molecule has 0 bridgehead atoms. The van der Waals surface area contributed by atoms with Crippen molar-refractivity contribution < 1.29 is 13.7 Å². The van der Waals surface area contributed by atoms with Crippen molar-refractivity contribution in [2.45, 2.75) is 18.9 Å². The fraction of sp³-hybridized carbons (Fsp3) is 0.526. The zero-order chi connectivity index (χ0) is 21.2. The number of methoxy groups -OCH3 is 2. The third-order valence-electron chi connectivity index (χ3n) is 5.24. The largest absolute Gasteiger partial charge is 0.497 e. The number of aryl methyl sites for hydroxylation is 1. The van der Waals surface area contributed by atoms with E-state index >= 15 is 0 Å². The number of ether oxygens (including phenoxy) is 2. The third-order valence-corrected chi connectivity index (χ3v) is 7.22. The monoisotopic (exact) mass is 422 g/mol. The number of hydrogen-bond donors (Lipinski definition) is 1. The van der Waals surface area contributed by atoms with E-state index in [-0.39, 0.29) is 6.04 Å². The van der Waals surface area contributed by atoms with Gasteiger partial charge < -0.3 is 14.4 Å². The second-order valence-electron chi connectivity index (χ2n) is 7.29. The number of piperidine rings is 1. The Labute approximate surface area is 173 Å². The molecular weight excluding hydrogens is 392 g/mol. The van der Waals surface area contributed by atoms with Crippen LogP contribution in [0.5, 0.6) is 11.5 Å². The van der Waals surface area contributed by atoms with Crippen molar-refractivity contribution in [3.63, 3.8) is 0 Å². The SMILES string of the molecule is COc1ccc(N(C)S(=N)(=O)N(c2cnn(C)c2)C2CCCN(C)C2)c(OC)c1. The molecule has 2 heterocycles. The fourth-order valence-corrected chi connectivity index (χ4v) is 5.36. The maximum absolute atomic E-state index is 14.0. The summed E-state index contributed by atoms with van der Waals surface area (Å²) in [7, 11) is 5.25. The number of likely N-dealkylation sites (tertiary alicyclic amines) is 1. The molecule has 0 amide bonds. The average molecular weight is 423 g/mol. The Hall–Kier alpha value is -2.46. The van der Waals surface area contributed by atoms with Crippen molar-refractivity contribution in [3.05, 3.63) is 30.6 Å². The molecule has 10 heteroatoms. The molecule has 1 N–H and O–H groups in total. The quantitative estimate of drug-likeness (QED) is 0.740. The van der Waals surface area contributed by atoms with Gasteiger partial charge in [0.1, 0.15) is 11.5 Å². The highest BCUT2D eigenvalue weighted by atomic mass is 32.2. The standard InChI is InChI=1S/C19H30N6O3S/c1-22-10-6-7-15(13-22)25(16-12-21-23(2)14-16)29(20,26)24(3)18-9-8-17(27-4)11-19(18)28-5/h8-9,11-12,14-15,20H,6-7,10,13H2,1-5H3. The normalized spacial score (nSPS) is 19.4. The van der Waals surface area contributed by atoms with Gasteiger partial charge in [-0.2, -0.15) is 5.10 Å². The fourth-order valence-electron chi connectivity index (χ4n) is 3.72. The summed E-state index contributed by atoms with van der Waals surface area (Å²) in [6, 6.07) is 5.20. The maximum atomic E-state index is 14.0. The molecule has 2 atom stereocenters. The van der Waals surface area contributed by atoms with Crippen LogP contribution in [0.25, 0.3) is 0 Å². The number of anilines is 2. The molecule has 3 rings (SSSR count). The minimum atomic E-state index is -3.40. The molecule has 1 aromatic heterocycles. The first kappa shape index (κ1) is 21.3. The van der Waals surface area contributed by atoms with E-state index in [0.717, 1.165) is 25.9 Å². The van der Waals surface area contributed by atoms with Gasteiger partial charge in [-0.15, -0.1) is 0 Å². The Morgan fingerprint density at radius 3 is 2.62 bits per heavy atom. The number of aromatic nitrogens is 2. The van der Waals surface area contributed by atoms with E-state index in [0.29, 0.717) is 22.9 Å². The first-order chi connectivity index (χ1) is 13.8. The van der Waals surface area contributed by atoms with E-state index < -0.39 is 10.1 Å². The van der Waals surface area contributed by atoms with Crippen LogP contribution in [0.3, 0.4) is 0 Å². The molecule has 0 spiro atoms. The highest BCUT2D eigenvalue weighted by Crippen LogP contribution is 2.36. The Morgan fingerprint density at radius 1 is 1.28 bits per heavy atom. The van der Waals surface area contributed by atoms with Crippen molar-refractivity contribution in [1.82, 2.24) is 14.7 Å². The van der Waals surface area contributed by atoms with Gasteiger partial charge in [-0.1, -0.05) is 0 Å². The third kappa shape index (κ3) is 4.27. The zero-order valence-electron chi connectivity index (χ0n) is 17.7. The first-order valence-electron chi connectivity index (χ1n) is 9.49. The molecule has 0 radical (unpaired) electrons. The van der Waals surface area contributed by atoms with Crippen LogP contribution in [0.4, 0.5) is 11.4 Å². The molecule has 2 unspecified atom stereocenters. The molecule has 0 saturated carbocycles. The van der Waals surface area contributed by atoms with E-state index in [9.17, 15) is 4.21 Å². The molecular formula is C19H30N6O3S. The molecule has 2 aromatic rings. The summed E-state index contributed by atoms with van der Waals surface area (Å²) in [6.07, 6.45) is 5.33. The van der Waals surface area contributed by atoms with Gasteiger partial charge in [-0.3, -0.25) is 13.3 Å². The summed E-state index contributed by atoms with van der Waals surface area (Å²) in [6.45, 7) is 1.73. The molecule has 1 aromatic carbocycles. The van der Waals surface area contributed by atoms with E-state index in [1.54, 1.807) is 54.7 Å². The second kappa shape index (κ2) is 8.50. The Morgan fingerprint density at radius 2 is 2.03 bits per heavy atom. The number of hydrogen-bond acceptors (Lipinski definition) is 6. The molecule has 1 aliphatic rings. The molecule has 0 aliphatic carbocycles. The van der Waals surface area contributed by atoms with Crippen LogP contribution in [0.1, 0.15) is 12.8 Å². The van der Waals surface area contributed by atoms with Crippen molar-refractivity contribution in [2.24, 2.45) is 7.05 Å². The first-order valence-corrected chi connectivity index (χ1v) is 11.0. The van der Waals surface area contributed by atoms with Crippen LogP contribution >= 0.6 is 0 Å². The van der Waals surface area contributed by atoms with Crippen LogP contribution in [-0.2, 0) is 17.1 Å². The lowest BCUT2D eigenvalue weighted by Crippen LogP contribution is -2.52. The summed E-state index contributed by atoms with van der Waals surface area (Å²) < 4.78 is 38.6. The minimum absolute atomic E-state index is 0.0605. The minimum Gasteiger partial charge on any atom is -0.497 e. The molecule has 29 heavy (non-hydrogen) atoms. The summed E-state index contributed by atoms with van der Waals surface area (Å²) in [5.41, 5.74) is 1.23. The van der Waals surface area contributed by atoms with Gasteiger partial charge in [-0.05, 0) is 38.6 Å². The van der Waals surface area contributed by atoms with E-state index in [2.05, 4.69) is 17.0 Å². The zero-order valence-corrected chi connectivity index (χ0v) is 18.5. The van der Waals surface area contributed by atoms with Gasteiger partial charge in [0, 0.05) is 32.9 Å². The predicted octanol–water partition coefficient (Wildman–Crippen LogP) is 2.35. The molecule has 160 valence electrons. The van der Waals surface area contributed by atoms with E-state index in [4.69, 9.17) is 14.3 Å². The van der Waals surface area contributed by atoms with Crippen LogP contribution in [0.2, 0.25) is 0 Å². The van der Waals surface area contributed by atoms with Gasteiger partial charge in [0.05, 0.1) is 37.8 Å². The second-order valence-corrected chi connectivity index (χ2v) is 9.22. The van der Waals surface area contributed by atoms with E-state index in [1.807, 2.05) is 13.2 Å². The Kier molecular flexibility index (Phi) is 6.23. The number of likely N-dealkylation sites (N-methyl/N-ethyl adjacent to an activating group) is 1. The topological polar surface area (TPSA) is 86.9 Å². The number of rotatable bonds is 7. The van der Waals surface area contributed by atoms with Crippen LogP contribution in [0.15, 0.2) is 30.6 Å². The number of nitrogens with zero attached hydrogens (tertiary/aromatic N) is 5. The number of benzene rings is 1. The molecule has 1 aliphatic heterocycles. The Bertz CT molecular complexity index is 945. The highest BCUT2D eigenvalue weighted by Gasteiger charge is 2.34. The van der Waals surface area contributed by atoms with E-state index in [1.165, 1.54) is 4.31 Å². The van der Waals surface area contributed by atoms with Gasteiger partial charge >= 0.3 is 0 Å². The lowest BCUT2D eigenvalue weighted by molar-refractivity contribution is 0.253. The van der Waals surface area contributed by atoms with Gasteiger partial charge in [0.2, 0.25) is 10.1 Å². The van der Waals surface area contributed by atoms with Crippen LogP contribution in [-0.4, -0.2) is 66.3 Å². The smallest absolute Gasteiger partial charge is 0.220 e. The summed E-state index contributed by atoms with van der Waals surface area (Å²) >= 11 is 0. The van der Waals surface area contributed by atoms with Crippen molar-refractivity contribution in [3.8, 4) is 11.5 Å². The molecule has 9 nitrogen and oxygen atoms in total. The maximum Gasteiger partial charge on any atom is 0.220 e. The van der Waals surface area contributed by atoms with Gasteiger partial charge in [0.25, 0.3) is 0 Å². The summed E-state index contributed by atoms with van der Waals surface area (Å²) in [4.78, 5) is 2.21. The number of nitrogens with one attached hydrogen (secondary N) is 1. The van der Waals surface area contributed by atoms with Gasteiger partial charge in [-0.25, -0.2) is 8.99 Å². The summed E-state index contributed by atoms with van der Waals surface area (Å²) in [5.74, 6) is 1.13. The highest BCUT2D eigenvalue weighted by molar-refractivity contribution is 7.95. The van der Waals surface area contributed by atoms with Crippen LogP contribution < -0.4 is 18.1 Å². The Balaban J connectivity index is 2.04. The van der Waals surface area contributed by atoms with Crippen molar-refractivity contribution >= 4 is 21.5 Å². The predicted molar refractivity (Wildman–Crippen MR) is 115 cm³/mol. The van der Waals surface area contributed by atoms with Crippen LogP contribution in [0, 0.1) is 4.78 Å². The summed E-state index contributed by atoms with van der Waals surface area (Å²) in [5, 5.41) is 4.25. The average Bonchev–Trinajstić information content (AvgIpc) is 3.12.